The molecule has 0 radical (unpaired) electrons. The third-order valence-electron chi connectivity index (χ3n) is 7.56. The number of fused-ring (bicyclic) bond motifs is 1. The summed E-state index contributed by atoms with van der Waals surface area (Å²) in [5.74, 6) is -4.08. The fourth-order valence-corrected chi connectivity index (χ4v) is 5.23. The second-order valence-electron chi connectivity index (χ2n) is 10.5. The first kappa shape index (κ1) is 29.4. The Labute approximate surface area is 246 Å². The lowest BCUT2D eigenvalue weighted by molar-refractivity contribution is -0.138. The van der Waals surface area contributed by atoms with Gasteiger partial charge in [-0.2, -0.15) is 0 Å². The number of nitrogens with zero attached hydrogens (tertiary/aromatic N) is 1. The molecule has 8 nitrogen and oxygen atoms in total. The van der Waals surface area contributed by atoms with E-state index in [1.54, 1.807) is 49.4 Å². The predicted molar refractivity (Wildman–Crippen MR) is 159 cm³/mol. The zero-order chi connectivity index (χ0) is 30.7. The number of carbonyl (C=O) groups excluding carboxylic acids is 1. The first-order valence-electron chi connectivity index (χ1n) is 13.8. The van der Waals surface area contributed by atoms with Crippen molar-refractivity contribution in [1.82, 2.24) is 10.2 Å². The van der Waals surface area contributed by atoms with Crippen molar-refractivity contribution in [3.8, 4) is 5.75 Å². The van der Waals surface area contributed by atoms with E-state index < -0.39 is 35.0 Å². The number of amides is 1. The number of aliphatic carboxylic acids is 1. The summed E-state index contributed by atoms with van der Waals surface area (Å²) in [6.45, 7) is 3.17. The van der Waals surface area contributed by atoms with Gasteiger partial charge in [0.15, 0.2) is 0 Å². The molecule has 1 amide bonds. The van der Waals surface area contributed by atoms with E-state index in [2.05, 4.69) is 5.32 Å². The monoisotopic (exact) mass is 584 g/mol. The highest BCUT2D eigenvalue weighted by molar-refractivity contribution is 6.12. The maximum absolute atomic E-state index is 14.0. The summed E-state index contributed by atoms with van der Waals surface area (Å²) in [5, 5.41) is 29.9. The van der Waals surface area contributed by atoms with E-state index in [1.807, 2.05) is 23.1 Å². The van der Waals surface area contributed by atoms with Gasteiger partial charge in [0.2, 0.25) is 0 Å². The number of hydrogen-bond donors (Lipinski definition) is 4. The Kier molecular flexibility index (Phi) is 8.47. The first-order chi connectivity index (χ1) is 20.6. The summed E-state index contributed by atoms with van der Waals surface area (Å²) >= 11 is 0. The Bertz CT molecular complexity index is 1700. The molecule has 2 atom stereocenters. The lowest BCUT2D eigenvalue weighted by Crippen LogP contribution is -2.31. The molecule has 5 rings (SSSR count). The summed E-state index contributed by atoms with van der Waals surface area (Å²) in [5.41, 5.74) is 0.940. The molecule has 0 spiro atoms. The average molecular weight is 585 g/mol. The highest BCUT2D eigenvalue weighted by Gasteiger charge is 2.25. The number of benzene rings is 4. The summed E-state index contributed by atoms with van der Waals surface area (Å²) in [7, 11) is 0. The molecule has 0 aromatic heterocycles. The van der Waals surface area contributed by atoms with Crippen LogP contribution in [-0.2, 0) is 11.2 Å². The number of ether oxygens (including phenoxy) is 1. The molecule has 0 aliphatic carbocycles. The smallest absolute Gasteiger partial charge is 0.311 e. The van der Waals surface area contributed by atoms with Crippen LogP contribution in [0.3, 0.4) is 0 Å². The van der Waals surface area contributed by atoms with E-state index >= 15 is 0 Å². The number of nitrogens with one attached hydrogen (secondary N) is 3. The van der Waals surface area contributed by atoms with Crippen molar-refractivity contribution in [2.75, 3.05) is 13.1 Å². The van der Waals surface area contributed by atoms with Gasteiger partial charge >= 0.3 is 5.97 Å². The Morgan fingerprint density at radius 3 is 2.35 bits per heavy atom. The Hall–Kier alpha value is -5.12. The SMILES string of the molecule is CC(=N)N1CC[C@H](Oc2ccc([C@H](Cc3ccc4ccc(C(=N)NC(=O)c5c(F)cccc5F)cc4c3)C(=O)O)cc2)C1. The number of likely N-dealkylation sites (tertiary alicyclic amines) is 1. The molecule has 10 heteroatoms. The summed E-state index contributed by atoms with van der Waals surface area (Å²) < 4.78 is 34.0. The second kappa shape index (κ2) is 12.4. The molecule has 1 saturated heterocycles. The van der Waals surface area contributed by atoms with Gasteiger partial charge in [-0.1, -0.05) is 48.5 Å². The van der Waals surface area contributed by atoms with E-state index in [4.69, 9.17) is 15.6 Å². The summed E-state index contributed by atoms with van der Waals surface area (Å²) in [6.07, 6.45) is 1.00. The van der Waals surface area contributed by atoms with Crippen LogP contribution in [0.5, 0.6) is 5.75 Å². The quantitative estimate of drug-likeness (QED) is 0.155. The molecule has 4 aromatic carbocycles. The number of hydrogen-bond acceptors (Lipinski definition) is 5. The minimum Gasteiger partial charge on any atom is -0.489 e. The number of amidine groups is 2. The molecule has 220 valence electrons. The lowest BCUT2D eigenvalue weighted by Gasteiger charge is -2.18. The Morgan fingerprint density at radius 2 is 1.70 bits per heavy atom. The van der Waals surface area contributed by atoms with Gasteiger partial charge in [-0.15, -0.1) is 0 Å². The molecule has 1 heterocycles. The first-order valence-corrected chi connectivity index (χ1v) is 13.8. The van der Waals surface area contributed by atoms with E-state index in [1.165, 1.54) is 0 Å². The number of carboxylic acids is 1. The van der Waals surface area contributed by atoms with Crippen LogP contribution in [0.25, 0.3) is 10.8 Å². The molecule has 4 N–H and O–H groups in total. The zero-order valence-electron chi connectivity index (χ0n) is 23.4. The Balaban J connectivity index is 1.29. The minimum absolute atomic E-state index is 0.0283. The second-order valence-corrected chi connectivity index (χ2v) is 10.5. The van der Waals surface area contributed by atoms with Crippen LogP contribution in [-0.4, -0.2) is 52.7 Å². The van der Waals surface area contributed by atoms with Crippen molar-refractivity contribution in [1.29, 1.82) is 10.8 Å². The van der Waals surface area contributed by atoms with Crippen molar-refractivity contribution in [2.45, 2.75) is 31.8 Å². The van der Waals surface area contributed by atoms with Crippen molar-refractivity contribution in [3.63, 3.8) is 0 Å². The van der Waals surface area contributed by atoms with Gasteiger partial charge in [-0.25, -0.2) is 8.78 Å². The third-order valence-corrected chi connectivity index (χ3v) is 7.56. The standard InChI is InChI=1S/C33H30F2N4O4/c1-19(36)39-14-13-26(18-39)43-25-11-9-22(10-12-25)27(33(41)42)16-20-5-6-21-7-8-23(17-24(21)15-20)31(37)38-32(40)30-28(34)3-2-4-29(30)35/h2-12,15,17,26-27,36H,13-14,16,18H2,1H3,(H,41,42)(H2,37,38,40)/t26-,27-/m0/s1. The van der Waals surface area contributed by atoms with Gasteiger partial charge in [0.1, 0.15) is 34.9 Å². The van der Waals surface area contributed by atoms with Crippen LogP contribution < -0.4 is 10.1 Å². The van der Waals surface area contributed by atoms with E-state index in [0.717, 1.165) is 42.1 Å². The summed E-state index contributed by atoms with van der Waals surface area (Å²) in [4.78, 5) is 26.7. The van der Waals surface area contributed by atoms with Gasteiger partial charge < -0.3 is 20.1 Å². The molecule has 4 aromatic rings. The number of halogens is 2. The van der Waals surface area contributed by atoms with Crippen LogP contribution in [0.2, 0.25) is 0 Å². The van der Waals surface area contributed by atoms with Gasteiger partial charge in [-0.3, -0.25) is 20.4 Å². The van der Waals surface area contributed by atoms with Gasteiger partial charge in [0.25, 0.3) is 5.91 Å². The van der Waals surface area contributed by atoms with E-state index in [9.17, 15) is 23.5 Å². The van der Waals surface area contributed by atoms with Crippen molar-refractivity contribution in [3.05, 3.63) is 113 Å². The summed E-state index contributed by atoms with van der Waals surface area (Å²) in [6, 6.07) is 20.7. The highest BCUT2D eigenvalue weighted by atomic mass is 19.1. The molecule has 0 unspecified atom stereocenters. The normalized spacial score (nSPS) is 15.2. The van der Waals surface area contributed by atoms with Gasteiger partial charge in [0.05, 0.1) is 18.3 Å². The highest BCUT2D eigenvalue weighted by Crippen LogP contribution is 2.27. The van der Waals surface area contributed by atoms with E-state index in [-0.39, 0.29) is 18.4 Å². The zero-order valence-corrected chi connectivity index (χ0v) is 23.4. The maximum Gasteiger partial charge on any atom is 0.311 e. The van der Waals surface area contributed by atoms with Gasteiger partial charge in [-0.05, 0) is 65.6 Å². The van der Waals surface area contributed by atoms with Crippen LogP contribution in [0, 0.1) is 22.5 Å². The number of rotatable bonds is 8. The average Bonchev–Trinajstić information content (AvgIpc) is 3.44. The molecule has 0 bridgehead atoms. The predicted octanol–water partition coefficient (Wildman–Crippen LogP) is 5.73. The number of carbonyl (C=O) groups is 2. The molecular formula is C33H30F2N4O4. The maximum atomic E-state index is 14.0. The van der Waals surface area contributed by atoms with Crippen LogP contribution in [0.15, 0.2) is 78.9 Å². The molecule has 1 aliphatic rings. The van der Waals surface area contributed by atoms with Crippen LogP contribution in [0.4, 0.5) is 8.78 Å². The van der Waals surface area contributed by atoms with Crippen LogP contribution in [0.1, 0.15) is 46.3 Å². The van der Waals surface area contributed by atoms with Crippen LogP contribution >= 0.6 is 0 Å². The largest absolute Gasteiger partial charge is 0.489 e. The fraction of sp³-hybridized carbons (Fsp3) is 0.212. The van der Waals surface area contributed by atoms with E-state index in [0.29, 0.717) is 34.6 Å². The fourth-order valence-electron chi connectivity index (χ4n) is 5.23. The lowest BCUT2D eigenvalue weighted by atomic mass is 9.91. The minimum atomic E-state index is -1.07. The molecule has 43 heavy (non-hydrogen) atoms. The van der Waals surface area contributed by atoms with Gasteiger partial charge in [0, 0.05) is 18.5 Å². The third kappa shape index (κ3) is 6.69. The molecule has 1 fully saturated rings. The van der Waals surface area contributed by atoms with Crippen molar-refractivity contribution >= 4 is 34.3 Å². The van der Waals surface area contributed by atoms with Crippen molar-refractivity contribution < 1.29 is 28.2 Å². The Morgan fingerprint density at radius 1 is 1.00 bits per heavy atom. The molecular weight excluding hydrogens is 554 g/mol. The van der Waals surface area contributed by atoms with Crippen molar-refractivity contribution in [2.24, 2.45) is 0 Å². The molecule has 1 aliphatic heterocycles. The molecule has 0 saturated carbocycles. The topological polar surface area (TPSA) is 127 Å². The number of carboxylic acid groups (broad SMARTS) is 1.